The molecule has 0 N–H and O–H groups in total. The highest BCUT2D eigenvalue weighted by atomic mass is 16.3. The van der Waals surface area contributed by atoms with Crippen molar-refractivity contribution in [1.82, 2.24) is 19.4 Å². The largest absolute Gasteiger partial charge is 0.453 e. The molecule has 4 heterocycles. The summed E-state index contributed by atoms with van der Waals surface area (Å²) in [5.74, 6) is 1.17. The Morgan fingerprint density at radius 3 is 2.00 bits per heavy atom. The van der Waals surface area contributed by atoms with Gasteiger partial charge in [-0.25, -0.2) is 4.98 Å². The summed E-state index contributed by atoms with van der Waals surface area (Å²) < 4.78 is 9.08. The van der Waals surface area contributed by atoms with E-state index in [4.69, 9.17) is 19.4 Å². The van der Waals surface area contributed by atoms with Gasteiger partial charge < -0.3 is 4.42 Å². The van der Waals surface area contributed by atoms with Crippen LogP contribution in [-0.2, 0) is 0 Å². The molecule has 0 atom stereocenters. The summed E-state index contributed by atoms with van der Waals surface area (Å²) in [5.41, 5.74) is 5.18. The van der Waals surface area contributed by atoms with Gasteiger partial charge >= 0.3 is 0 Å². The Morgan fingerprint density at radius 2 is 1.11 bits per heavy atom. The summed E-state index contributed by atoms with van der Waals surface area (Å²) in [6.07, 6.45) is 0. The maximum absolute atomic E-state index is 6.93. The highest BCUT2D eigenvalue weighted by Gasteiger charge is 2.19. The summed E-state index contributed by atoms with van der Waals surface area (Å²) in [5, 5.41) is 9.65. The van der Waals surface area contributed by atoms with Crippen LogP contribution in [0.15, 0.2) is 138 Å². The number of fused-ring (bicyclic) bond motifs is 14. The third-order valence-corrected chi connectivity index (χ3v) is 8.78. The highest BCUT2D eigenvalue weighted by molar-refractivity contribution is 6.23. The first-order valence-corrected chi connectivity index (χ1v) is 14.7. The minimum Gasteiger partial charge on any atom is -0.453 e. The Morgan fingerprint density at radius 1 is 0.455 bits per heavy atom. The molecule has 5 heteroatoms. The van der Waals surface area contributed by atoms with Crippen molar-refractivity contribution in [3.05, 3.63) is 133 Å². The second kappa shape index (κ2) is 8.72. The summed E-state index contributed by atoms with van der Waals surface area (Å²) >= 11 is 0. The van der Waals surface area contributed by atoms with Gasteiger partial charge in [-0.05, 0) is 40.4 Å². The van der Waals surface area contributed by atoms with E-state index >= 15 is 0 Å². The van der Waals surface area contributed by atoms with Crippen molar-refractivity contribution in [2.45, 2.75) is 0 Å². The van der Waals surface area contributed by atoms with Crippen molar-refractivity contribution in [1.29, 1.82) is 0 Å². The fourth-order valence-corrected chi connectivity index (χ4v) is 6.75. The van der Waals surface area contributed by atoms with E-state index < -0.39 is 0 Å². The van der Waals surface area contributed by atoms with Crippen LogP contribution in [0, 0.1) is 0 Å². The maximum Gasteiger partial charge on any atom is 0.238 e. The van der Waals surface area contributed by atoms with Crippen molar-refractivity contribution < 1.29 is 4.42 Å². The first-order chi connectivity index (χ1) is 21.8. The Bertz CT molecular complexity index is 2830. The molecule has 0 aliphatic rings. The highest BCUT2D eigenvalue weighted by Crippen LogP contribution is 2.40. The minimum absolute atomic E-state index is 0.550. The number of hydrogen-bond acceptors (Lipinski definition) is 4. The molecule has 0 fully saturated rings. The Hall–Kier alpha value is -6.07. The van der Waals surface area contributed by atoms with Crippen LogP contribution < -0.4 is 0 Å². The third kappa shape index (κ3) is 3.26. The predicted octanol–water partition coefficient (Wildman–Crippen LogP) is 10.0. The maximum atomic E-state index is 6.93. The van der Waals surface area contributed by atoms with Gasteiger partial charge in [-0.3, -0.25) is 4.40 Å². The van der Waals surface area contributed by atoms with Crippen LogP contribution in [0.1, 0.15) is 0 Å². The average Bonchev–Trinajstić information content (AvgIpc) is 3.64. The Labute approximate surface area is 250 Å². The number of hydrogen-bond donors (Lipinski definition) is 0. The van der Waals surface area contributed by atoms with Crippen LogP contribution in [0.4, 0.5) is 0 Å². The van der Waals surface area contributed by atoms with Gasteiger partial charge in [0.05, 0.1) is 5.52 Å². The summed E-state index contributed by atoms with van der Waals surface area (Å²) in [4.78, 5) is 15.3. The van der Waals surface area contributed by atoms with Gasteiger partial charge in [-0.15, -0.1) is 0 Å². The van der Waals surface area contributed by atoms with Crippen LogP contribution in [-0.4, -0.2) is 19.4 Å². The molecule has 0 amide bonds. The second-order valence-corrected chi connectivity index (χ2v) is 11.3. The van der Waals surface area contributed by atoms with Crippen LogP contribution in [0.3, 0.4) is 0 Å². The zero-order chi connectivity index (χ0) is 28.8. The van der Waals surface area contributed by atoms with Crippen molar-refractivity contribution in [3.8, 4) is 11.4 Å². The number of benzene rings is 6. The summed E-state index contributed by atoms with van der Waals surface area (Å²) in [6, 6.07) is 46.4. The third-order valence-electron chi connectivity index (χ3n) is 8.78. The molecule has 0 saturated carbocycles. The molecule has 0 spiro atoms. The lowest BCUT2D eigenvalue weighted by molar-refractivity contribution is 0.675. The number of furan rings is 1. The lowest BCUT2D eigenvalue weighted by atomic mass is 10.0. The van der Waals surface area contributed by atoms with E-state index in [9.17, 15) is 0 Å². The molecule has 0 radical (unpaired) electrons. The fourth-order valence-electron chi connectivity index (χ4n) is 6.75. The van der Waals surface area contributed by atoms with E-state index in [1.165, 1.54) is 0 Å². The number of nitrogens with zero attached hydrogens (tertiary/aromatic N) is 4. The zero-order valence-corrected chi connectivity index (χ0v) is 23.4. The van der Waals surface area contributed by atoms with E-state index in [0.29, 0.717) is 17.2 Å². The van der Waals surface area contributed by atoms with Gasteiger partial charge in [0.2, 0.25) is 5.78 Å². The predicted molar refractivity (Wildman–Crippen MR) is 180 cm³/mol. The molecule has 0 saturated heterocycles. The molecular weight excluding hydrogens is 540 g/mol. The molecule has 8 bridgehead atoms. The van der Waals surface area contributed by atoms with E-state index in [2.05, 4.69) is 108 Å². The van der Waals surface area contributed by atoms with Crippen LogP contribution in [0.25, 0.3) is 93.5 Å². The lowest BCUT2D eigenvalue weighted by Crippen LogP contribution is -1.98. The molecule has 204 valence electrons. The molecule has 10 aromatic rings. The molecule has 10 rings (SSSR count). The topological polar surface area (TPSA) is 56.2 Å². The normalized spacial score (nSPS) is 12.1. The molecule has 0 aliphatic carbocycles. The first-order valence-electron chi connectivity index (χ1n) is 14.7. The van der Waals surface area contributed by atoms with Crippen LogP contribution in [0.2, 0.25) is 0 Å². The van der Waals surface area contributed by atoms with Crippen molar-refractivity contribution >= 4 is 82.1 Å². The van der Waals surface area contributed by atoms with E-state index in [1.807, 2.05) is 30.3 Å². The van der Waals surface area contributed by atoms with Crippen molar-refractivity contribution in [2.24, 2.45) is 0 Å². The van der Waals surface area contributed by atoms with Gasteiger partial charge in [0.1, 0.15) is 11.1 Å². The van der Waals surface area contributed by atoms with Gasteiger partial charge in [-0.1, -0.05) is 109 Å². The van der Waals surface area contributed by atoms with Crippen molar-refractivity contribution in [2.75, 3.05) is 0 Å². The average molecular weight is 563 g/mol. The zero-order valence-electron chi connectivity index (χ0n) is 23.4. The van der Waals surface area contributed by atoms with E-state index in [-0.39, 0.29) is 0 Å². The summed E-state index contributed by atoms with van der Waals surface area (Å²) in [6.45, 7) is 0. The van der Waals surface area contributed by atoms with E-state index in [0.717, 1.165) is 76.2 Å². The standard InChI is InChI=1S/C39H22N4O/c1-2-9-23(10-3-1)37-40-38-27-14-7-12-25(22-27)24-11-6-13-26(21-24)28-16-8-17-31-32-20-19-30-29-15-4-5-18-33(29)43(39(41-37)42-38)34(30)36(32)44-35(28)31/h1-22H. The van der Waals surface area contributed by atoms with Gasteiger partial charge in [0, 0.05) is 37.9 Å². The minimum atomic E-state index is 0.550. The summed E-state index contributed by atoms with van der Waals surface area (Å²) in [7, 11) is 0. The van der Waals surface area contributed by atoms with E-state index in [1.54, 1.807) is 0 Å². The fraction of sp³-hybridized carbons (Fsp3) is 0. The number of rotatable bonds is 1. The molecule has 6 aromatic carbocycles. The van der Waals surface area contributed by atoms with Crippen molar-refractivity contribution in [3.63, 3.8) is 0 Å². The lowest BCUT2D eigenvalue weighted by Gasteiger charge is -2.04. The molecule has 4 aromatic heterocycles. The smallest absolute Gasteiger partial charge is 0.238 e. The van der Waals surface area contributed by atoms with Gasteiger partial charge in [-0.2, -0.15) is 9.97 Å². The first kappa shape index (κ1) is 23.5. The molecule has 0 aliphatic heterocycles. The molecule has 5 nitrogen and oxygen atoms in total. The van der Waals surface area contributed by atoms with Gasteiger partial charge in [0.25, 0.3) is 0 Å². The molecular formula is C39H22N4O. The molecule has 0 unspecified atom stereocenters. The SMILES string of the molecule is c1ccc(-c2nc3nc(n2)n2c4ccccc4c4ccc5c6cccc(c7cccc(c7)c7cccc3c7)c6oc5c42)cc1. The number of aromatic nitrogens is 4. The number of para-hydroxylation sites is 2. The monoisotopic (exact) mass is 562 g/mol. The van der Waals surface area contributed by atoms with Gasteiger partial charge in [0.15, 0.2) is 17.1 Å². The molecule has 44 heavy (non-hydrogen) atoms. The Balaban J connectivity index is 1.56. The van der Waals surface area contributed by atoms with Crippen LogP contribution >= 0.6 is 0 Å². The quantitative estimate of drug-likeness (QED) is 0.200. The van der Waals surface area contributed by atoms with Crippen LogP contribution in [0.5, 0.6) is 0 Å². The second-order valence-electron chi connectivity index (χ2n) is 11.3. The Kier molecular flexibility index (Phi) is 4.66.